The van der Waals surface area contributed by atoms with Crippen LogP contribution in [0.25, 0.3) is 21.8 Å². The lowest BCUT2D eigenvalue weighted by Gasteiger charge is -2.25. The van der Waals surface area contributed by atoms with Gasteiger partial charge in [-0.25, -0.2) is 4.99 Å². The molecule has 0 saturated heterocycles. The predicted molar refractivity (Wildman–Crippen MR) is 125 cm³/mol. The van der Waals surface area contributed by atoms with E-state index < -0.39 is 0 Å². The lowest BCUT2D eigenvalue weighted by molar-refractivity contribution is 0.411. The van der Waals surface area contributed by atoms with E-state index in [4.69, 9.17) is 4.99 Å². The van der Waals surface area contributed by atoms with E-state index in [2.05, 4.69) is 88.7 Å². The zero-order chi connectivity index (χ0) is 19.5. The Morgan fingerprint density at radius 1 is 0.793 bits per heavy atom. The molecule has 1 aliphatic rings. The third kappa shape index (κ3) is 3.65. The molecule has 0 radical (unpaired) electrons. The topological polar surface area (TPSA) is 29.3 Å². The Kier molecular flexibility index (Phi) is 5.04. The monoisotopic (exact) mass is 383 g/mol. The number of aliphatic imine (C=N–C) groups is 1. The smallest absolute Gasteiger partial charge is 0.203 e. The molecule has 0 aliphatic heterocycles. The highest BCUT2D eigenvalue weighted by Gasteiger charge is 2.19. The van der Waals surface area contributed by atoms with Crippen LogP contribution < -0.4 is 5.32 Å². The summed E-state index contributed by atoms with van der Waals surface area (Å²) in [6.07, 6.45) is 6.40. The van der Waals surface area contributed by atoms with Crippen LogP contribution in [0.15, 0.2) is 83.9 Å². The highest BCUT2D eigenvalue weighted by molar-refractivity contribution is 6.13. The second-order valence-electron chi connectivity index (χ2n) is 7.97. The average molecular weight is 384 g/mol. The molecule has 3 heteroatoms. The molecule has 1 heterocycles. The normalized spacial score (nSPS) is 15.8. The summed E-state index contributed by atoms with van der Waals surface area (Å²) >= 11 is 0. The lowest BCUT2D eigenvalue weighted by Crippen LogP contribution is -2.40. The van der Waals surface area contributed by atoms with Crippen LogP contribution in [0.5, 0.6) is 0 Å². The third-order valence-corrected chi connectivity index (χ3v) is 5.98. The van der Waals surface area contributed by atoms with Crippen molar-refractivity contribution in [1.29, 1.82) is 0 Å². The van der Waals surface area contributed by atoms with Crippen LogP contribution in [-0.2, 0) is 6.54 Å². The van der Waals surface area contributed by atoms with Crippen molar-refractivity contribution >= 4 is 27.8 Å². The van der Waals surface area contributed by atoms with Crippen LogP contribution >= 0.6 is 0 Å². The minimum atomic E-state index is 0. The van der Waals surface area contributed by atoms with Gasteiger partial charge in [0.25, 0.3) is 0 Å². The van der Waals surface area contributed by atoms with Gasteiger partial charge < -0.3 is 5.32 Å². The number of hydrogen-bond acceptors (Lipinski definition) is 1. The highest BCUT2D eigenvalue weighted by atomic mass is 15.2. The van der Waals surface area contributed by atoms with Gasteiger partial charge in [0.15, 0.2) is 0 Å². The van der Waals surface area contributed by atoms with E-state index in [1.54, 1.807) is 0 Å². The SMILES string of the molecule is [HH].c1ccc(CN=C(NC2CCCCC2)n2c3ccccc3c3ccccc32)cc1. The van der Waals surface area contributed by atoms with Gasteiger partial charge in [0.1, 0.15) is 0 Å². The van der Waals surface area contributed by atoms with Crippen molar-refractivity contribution in [3.63, 3.8) is 0 Å². The second-order valence-corrected chi connectivity index (χ2v) is 7.97. The highest BCUT2D eigenvalue weighted by Crippen LogP contribution is 2.29. The van der Waals surface area contributed by atoms with Gasteiger partial charge in [-0.15, -0.1) is 0 Å². The van der Waals surface area contributed by atoms with E-state index in [0.29, 0.717) is 12.6 Å². The van der Waals surface area contributed by atoms with Gasteiger partial charge in [-0.05, 0) is 30.5 Å². The molecule has 4 aromatic rings. The Labute approximate surface area is 173 Å². The van der Waals surface area contributed by atoms with Gasteiger partial charge >= 0.3 is 0 Å². The first kappa shape index (κ1) is 18.0. The zero-order valence-corrected chi connectivity index (χ0v) is 16.7. The van der Waals surface area contributed by atoms with E-state index in [-0.39, 0.29) is 1.43 Å². The molecule has 0 amide bonds. The molecular formula is C26H29N3. The molecular weight excluding hydrogens is 354 g/mol. The maximum Gasteiger partial charge on any atom is 0.203 e. The first-order valence-corrected chi connectivity index (χ1v) is 10.7. The van der Waals surface area contributed by atoms with Crippen LogP contribution in [0.2, 0.25) is 0 Å². The Bertz CT molecular complexity index is 1090. The molecule has 0 atom stereocenters. The molecule has 0 spiro atoms. The number of hydrogen-bond donors (Lipinski definition) is 1. The van der Waals surface area contributed by atoms with Crippen LogP contribution in [0.4, 0.5) is 0 Å². The maximum absolute atomic E-state index is 5.10. The van der Waals surface area contributed by atoms with Crippen molar-refractivity contribution < 1.29 is 1.43 Å². The zero-order valence-electron chi connectivity index (χ0n) is 16.7. The van der Waals surface area contributed by atoms with Gasteiger partial charge in [0, 0.05) is 18.2 Å². The summed E-state index contributed by atoms with van der Waals surface area (Å²) in [7, 11) is 0. The Balaban J connectivity index is 0.00000218. The molecule has 1 fully saturated rings. The number of nitrogens with one attached hydrogen (secondary N) is 1. The fourth-order valence-electron chi connectivity index (χ4n) is 4.51. The maximum atomic E-state index is 5.10. The molecule has 0 bridgehead atoms. The summed E-state index contributed by atoms with van der Waals surface area (Å²) in [6.45, 7) is 0.677. The summed E-state index contributed by atoms with van der Waals surface area (Å²) in [5.74, 6) is 0.971. The average Bonchev–Trinajstić information content (AvgIpc) is 3.13. The first-order valence-electron chi connectivity index (χ1n) is 10.7. The van der Waals surface area contributed by atoms with Crippen molar-refractivity contribution in [1.82, 2.24) is 9.88 Å². The van der Waals surface area contributed by atoms with Gasteiger partial charge in [-0.2, -0.15) is 0 Å². The summed E-state index contributed by atoms with van der Waals surface area (Å²) < 4.78 is 2.32. The number of fused-ring (bicyclic) bond motifs is 3. The first-order chi connectivity index (χ1) is 14.4. The van der Waals surface area contributed by atoms with E-state index in [0.717, 1.165) is 5.96 Å². The van der Waals surface area contributed by atoms with Crippen molar-refractivity contribution in [2.75, 3.05) is 0 Å². The third-order valence-electron chi connectivity index (χ3n) is 5.98. The molecule has 3 aromatic carbocycles. The van der Waals surface area contributed by atoms with Crippen molar-refractivity contribution in [2.24, 2.45) is 4.99 Å². The number of nitrogens with zero attached hydrogens (tertiary/aromatic N) is 2. The van der Waals surface area contributed by atoms with Crippen molar-refractivity contribution in [3.05, 3.63) is 84.4 Å². The van der Waals surface area contributed by atoms with Crippen LogP contribution in [0.3, 0.4) is 0 Å². The van der Waals surface area contributed by atoms with Crippen LogP contribution in [-0.4, -0.2) is 16.6 Å². The van der Waals surface area contributed by atoms with Gasteiger partial charge in [-0.3, -0.25) is 4.57 Å². The summed E-state index contributed by atoms with van der Waals surface area (Å²) in [6, 6.07) is 28.3. The fraction of sp³-hybridized carbons (Fsp3) is 0.269. The van der Waals surface area contributed by atoms with Gasteiger partial charge in [0.2, 0.25) is 5.96 Å². The number of para-hydroxylation sites is 2. The molecule has 1 aliphatic carbocycles. The van der Waals surface area contributed by atoms with Gasteiger partial charge in [-0.1, -0.05) is 86.0 Å². The summed E-state index contributed by atoms with van der Waals surface area (Å²) in [4.78, 5) is 5.10. The summed E-state index contributed by atoms with van der Waals surface area (Å²) in [5, 5.41) is 6.38. The van der Waals surface area contributed by atoms with Crippen molar-refractivity contribution in [3.8, 4) is 0 Å². The van der Waals surface area contributed by atoms with Crippen molar-refractivity contribution in [2.45, 2.75) is 44.7 Å². The molecule has 148 valence electrons. The molecule has 0 unspecified atom stereocenters. The molecule has 1 N–H and O–H groups in total. The fourth-order valence-corrected chi connectivity index (χ4v) is 4.51. The quantitative estimate of drug-likeness (QED) is 0.323. The van der Waals surface area contributed by atoms with E-state index in [1.165, 1.54) is 59.5 Å². The Morgan fingerprint density at radius 3 is 2.03 bits per heavy atom. The molecule has 1 saturated carbocycles. The minimum absolute atomic E-state index is 0. The van der Waals surface area contributed by atoms with Crippen LogP contribution in [0, 0.1) is 0 Å². The number of benzene rings is 3. The second kappa shape index (κ2) is 8.12. The minimum Gasteiger partial charge on any atom is -0.353 e. The largest absolute Gasteiger partial charge is 0.353 e. The summed E-state index contributed by atoms with van der Waals surface area (Å²) in [5.41, 5.74) is 3.66. The van der Waals surface area contributed by atoms with Crippen LogP contribution in [0.1, 0.15) is 39.1 Å². The van der Waals surface area contributed by atoms with E-state index >= 15 is 0 Å². The molecule has 1 aromatic heterocycles. The standard InChI is InChI=1S/C26H27N3.H2/c1-3-11-20(12-4-1)19-27-26(28-21-13-5-2-6-14-21)29-24-17-9-7-15-22(24)23-16-8-10-18-25(23)29;/h1,3-4,7-12,15-18,21H,2,5-6,13-14,19H2,(H,27,28);1H. The molecule has 5 rings (SSSR count). The number of rotatable bonds is 3. The Hall–Kier alpha value is -3.07. The predicted octanol–water partition coefficient (Wildman–Crippen LogP) is 6.37. The van der Waals surface area contributed by atoms with Gasteiger partial charge in [0.05, 0.1) is 17.6 Å². The number of aromatic nitrogens is 1. The Morgan fingerprint density at radius 2 is 1.38 bits per heavy atom. The van der Waals surface area contributed by atoms with E-state index in [1.807, 2.05) is 0 Å². The molecule has 3 nitrogen and oxygen atoms in total. The lowest BCUT2D eigenvalue weighted by atomic mass is 9.96. The molecule has 29 heavy (non-hydrogen) atoms. The van der Waals surface area contributed by atoms with E-state index in [9.17, 15) is 0 Å².